The summed E-state index contributed by atoms with van der Waals surface area (Å²) in [6.07, 6.45) is 0.794. The molecule has 2 amide bonds. The standard InChI is InChI=1S/C24H30N2O4/c1-5-30-20-9-7-18(8-10-20)23(27)25-22(16(2)3)24(28)26-13-12-17-6-11-21(29-4)14-19(17)15-26/h6-11,14,16,22H,5,12-13,15H2,1-4H3,(H,25,27). The van der Waals surface area contributed by atoms with Crippen LogP contribution in [0.1, 0.15) is 42.3 Å². The molecular weight excluding hydrogens is 380 g/mol. The summed E-state index contributed by atoms with van der Waals surface area (Å²) in [6, 6.07) is 12.4. The zero-order valence-corrected chi connectivity index (χ0v) is 18.1. The van der Waals surface area contributed by atoms with Gasteiger partial charge in [-0.25, -0.2) is 0 Å². The summed E-state index contributed by atoms with van der Waals surface area (Å²) >= 11 is 0. The fourth-order valence-corrected chi connectivity index (χ4v) is 3.65. The van der Waals surface area contributed by atoms with E-state index in [1.54, 1.807) is 31.4 Å². The van der Waals surface area contributed by atoms with Crippen LogP contribution in [0.25, 0.3) is 0 Å². The molecule has 2 aromatic rings. The van der Waals surface area contributed by atoms with E-state index in [9.17, 15) is 9.59 Å². The molecular formula is C24H30N2O4. The lowest BCUT2D eigenvalue weighted by Gasteiger charge is -2.33. The Hall–Kier alpha value is -3.02. The Morgan fingerprint density at radius 3 is 2.40 bits per heavy atom. The van der Waals surface area contributed by atoms with E-state index < -0.39 is 6.04 Å². The molecule has 3 rings (SSSR count). The molecule has 1 N–H and O–H groups in total. The topological polar surface area (TPSA) is 67.9 Å². The van der Waals surface area contributed by atoms with Crippen molar-refractivity contribution in [2.45, 2.75) is 39.8 Å². The van der Waals surface area contributed by atoms with E-state index in [0.717, 1.165) is 17.7 Å². The highest BCUT2D eigenvalue weighted by atomic mass is 16.5. The number of fused-ring (bicyclic) bond motifs is 1. The number of hydrogen-bond donors (Lipinski definition) is 1. The first-order valence-corrected chi connectivity index (χ1v) is 10.4. The summed E-state index contributed by atoms with van der Waals surface area (Å²) in [5.41, 5.74) is 2.83. The van der Waals surface area contributed by atoms with Gasteiger partial charge in [0, 0.05) is 18.7 Å². The van der Waals surface area contributed by atoms with E-state index in [-0.39, 0.29) is 17.7 Å². The number of nitrogens with one attached hydrogen (secondary N) is 1. The van der Waals surface area contributed by atoms with Crippen LogP contribution in [0.5, 0.6) is 11.5 Å². The van der Waals surface area contributed by atoms with Gasteiger partial charge in [-0.3, -0.25) is 9.59 Å². The second-order valence-corrected chi connectivity index (χ2v) is 7.80. The largest absolute Gasteiger partial charge is 0.497 e. The van der Waals surface area contributed by atoms with Gasteiger partial charge in [0.2, 0.25) is 5.91 Å². The molecule has 160 valence electrons. The zero-order valence-electron chi connectivity index (χ0n) is 18.1. The van der Waals surface area contributed by atoms with Gasteiger partial charge in [0.25, 0.3) is 5.91 Å². The SMILES string of the molecule is CCOc1ccc(C(=O)NC(C(=O)N2CCc3ccc(OC)cc3C2)C(C)C)cc1. The highest BCUT2D eigenvalue weighted by Gasteiger charge is 2.31. The maximum atomic E-state index is 13.3. The first kappa shape index (κ1) is 21.7. The van der Waals surface area contributed by atoms with Crippen molar-refractivity contribution in [2.24, 2.45) is 5.92 Å². The molecule has 2 aromatic carbocycles. The van der Waals surface area contributed by atoms with E-state index in [1.807, 2.05) is 37.8 Å². The van der Waals surface area contributed by atoms with Crippen LogP contribution >= 0.6 is 0 Å². The number of carbonyl (C=O) groups excluding carboxylic acids is 2. The molecule has 1 unspecified atom stereocenters. The highest BCUT2D eigenvalue weighted by molar-refractivity contribution is 5.97. The van der Waals surface area contributed by atoms with Gasteiger partial charge in [-0.1, -0.05) is 19.9 Å². The number of carbonyl (C=O) groups is 2. The van der Waals surface area contributed by atoms with Crippen molar-refractivity contribution in [2.75, 3.05) is 20.3 Å². The van der Waals surface area contributed by atoms with Gasteiger partial charge in [0.05, 0.1) is 13.7 Å². The smallest absolute Gasteiger partial charge is 0.251 e. The highest BCUT2D eigenvalue weighted by Crippen LogP contribution is 2.25. The summed E-state index contributed by atoms with van der Waals surface area (Å²) in [7, 11) is 1.64. The van der Waals surface area contributed by atoms with Crippen molar-refractivity contribution in [1.29, 1.82) is 0 Å². The first-order valence-electron chi connectivity index (χ1n) is 10.4. The normalized spacial score (nSPS) is 14.1. The summed E-state index contributed by atoms with van der Waals surface area (Å²) < 4.78 is 10.7. The third-order valence-corrected chi connectivity index (χ3v) is 5.38. The molecule has 6 heteroatoms. The molecule has 0 spiro atoms. The van der Waals surface area contributed by atoms with Crippen LogP contribution in [0.3, 0.4) is 0 Å². The van der Waals surface area contributed by atoms with E-state index in [0.29, 0.717) is 31.0 Å². The number of methoxy groups -OCH3 is 1. The Balaban J connectivity index is 1.71. The van der Waals surface area contributed by atoms with Crippen LogP contribution in [0.2, 0.25) is 0 Å². The number of amides is 2. The third-order valence-electron chi connectivity index (χ3n) is 5.38. The van der Waals surface area contributed by atoms with Gasteiger partial charge in [0.15, 0.2) is 0 Å². The summed E-state index contributed by atoms with van der Waals surface area (Å²) in [5, 5.41) is 2.93. The average Bonchev–Trinajstić information content (AvgIpc) is 2.76. The van der Waals surface area contributed by atoms with Crippen molar-refractivity contribution >= 4 is 11.8 Å². The summed E-state index contributed by atoms with van der Waals surface area (Å²) in [6.45, 7) is 7.53. The van der Waals surface area contributed by atoms with Crippen LogP contribution in [-0.4, -0.2) is 43.0 Å². The predicted octanol–water partition coefficient (Wildman–Crippen LogP) is 3.43. The van der Waals surface area contributed by atoms with Crippen LogP contribution in [0.15, 0.2) is 42.5 Å². The predicted molar refractivity (Wildman–Crippen MR) is 116 cm³/mol. The molecule has 0 saturated carbocycles. The van der Waals surface area contributed by atoms with E-state index in [2.05, 4.69) is 11.4 Å². The third kappa shape index (κ3) is 4.93. The Kier molecular flexibility index (Phi) is 6.98. The fourth-order valence-electron chi connectivity index (χ4n) is 3.65. The maximum absolute atomic E-state index is 13.3. The van der Waals surface area contributed by atoms with Gasteiger partial charge in [0.1, 0.15) is 17.5 Å². The average molecular weight is 411 g/mol. The summed E-state index contributed by atoms with van der Waals surface area (Å²) in [4.78, 5) is 27.9. The summed E-state index contributed by atoms with van der Waals surface area (Å²) in [5.74, 6) is 1.15. The molecule has 6 nitrogen and oxygen atoms in total. The van der Waals surface area contributed by atoms with Gasteiger partial charge < -0.3 is 19.7 Å². The monoisotopic (exact) mass is 410 g/mol. The quantitative estimate of drug-likeness (QED) is 0.759. The number of benzene rings is 2. The molecule has 0 fully saturated rings. The molecule has 1 aliphatic heterocycles. The van der Waals surface area contributed by atoms with Crippen molar-refractivity contribution in [3.63, 3.8) is 0 Å². The van der Waals surface area contributed by atoms with Crippen LogP contribution in [0.4, 0.5) is 0 Å². The molecule has 0 aromatic heterocycles. The van der Waals surface area contributed by atoms with E-state index in [4.69, 9.17) is 9.47 Å². The van der Waals surface area contributed by atoms with Gasteiger partial charge >= 0.3 is 0 Å². The first-order chi connectivity index (χ1) is 14.4. The molecule has 0 saturated heterocycles. The number of ether oxygens (including phenoxy) is 2. The van der Waals surface area contributed by atoms with Gasteiger partial charge in [-0.15, -0.1) is 0 Å². The zero-order chi connectivity index (χ0) is 21.7. The fraction of sp³-hybridized carbons (Fsp3) is 0.417. The Morgan fingerprint density at radius 1 is 1.07 bits per heavy atom. The second-order valence-electron chi connectivity index (χ2n) is 7.80. The molecule has 0 aliphatic carbocycles. The van der Waals surface area contributed by atoms with Crippen molar-refractivity contribution < 1.29 is 19.1 Å². The van der Waals surface area contributed by atoms with Crippen molar-refractivity contribution in [3.8, 4) is 11.5 Å². The van der Waals surface area contributed by atoms with Crippen LogP contribution in [-0.2, 0) is 17.8 Å². The van der Waals surface area contributed by atoms with Crippen LogP contribution < -0.4 is 14.8 Å². The lowest BCUT2D eigenvalue weighted by molar-refractivity contribution is -0.135. The lowest BCUT2D eigenvalue weighted by Crippen LogP contribution is -2.52. The molecule has 1 atom stereocenters. The van der Waals surface area contributed by atoms with Gasteiger partial charge in [-0.2, -0.15) is 0 Å². The minimum Gasteiger partial charge on any atom is -0.497 e. The van der Waals surface area contributed by atoms with E-state index in [1.165, 1.54) is 5.56 Å². The van der Waals surface area contributed by atoms with E-state index >= 15 is 0 Å². The molecule has 0 radical (unpaired) electrons. The number of rotatable bonds is 7. The second kappa shape index (κ2) is 9.65. The maximum Gasteiger partial charge on any atom is 0.251 e. The number of hydrogen-bond acceptors (Lipinski definition) is 4. The Morgan fingerprint density at radius 2 is 1.77 bits per heavy atom. The van der Waals surface area contributed by atoms with Crippen molar-refractivity contribution in [1.82, 2.24) is 10.2 Å². The Bertz CT molecular complexity index is 893. The molecule has 1 aliphatic rings. The Labute approximate surface area is 178 Å². The molecule has 30 heavy (non-hydrogen) atoms. The van der Waals surface area contributed by atoms with Crippen molar-refractivity contribution in [3.05, 3.63) is 59.2 Å². The minimum atomic E-state index is -0.587. The van der Waals surface area contributed by atoms with Crippen LogP contribution in [0, 0.1) is 5.92 Å². The number of nitrogens with zero attached hydrogens (tertiary/aromatic N) is 1. The molecule has 1 heterocycles. The molecule has 0 bridgehead atoms. The lowest BCUT2D eigenvalue weighted by atomic mass is 9.96. The van der Waals surface area contributed by atoms with Gasteiger partial charge in [-0.05, 0) is 66.8 Å². The minimum absolute atomic E-state index is 0.0316.